The molecule has 0 spiro atoms. The molecule has 5 N–H and O–H groups in total. The number of primary amides is 1. The van der Waals surface area contributed by atoms with Gasteiger partial charge < -0.3 is 35.6 Å². The van der Waals surface area contributed by atoms with Crippen LogP contribution in [0.5, 0.6) is 17.2 Å². The molecule has 0 aliphatic carbocycles. The van der Waals surface area contributed by atoms with Crippen molar-refractivity contribution in [2.75, 3.05) is 39.3 Å². The van der Waals surface area contributed by atoms with E-state index in [-0.39, 0.29) is 19.1 Å². The molecule has 4 atom stereocenters. The van der Waals surface area contributed by atoms with E-state index in [1.165, 1.54) is 5.06 Å². The van der Waals surface area contributed by atoms with Crippen molar-refractivity contribution >= 4 is 17.5 Å². The molecule has 0 unspecified atom stereocenters. The zero-order valence-corrected chi connectivity index (χ0v) is 28.2. The van der Waals surface area contributed by atoms with Crippen LogP contribution in [0.1, 0.15) is 28.4 Å². The van der Waals surface area contributed by atoms with Gasteiger partial charge in [0.15, 0.2) is 0 Å². The highest BCUT2D eigenvalue weighted by molar-refractivity contribution is 5.97. The molecule has 1 saturated heterocycles. The Kier molecular flexibility index (Phi) is 11.5. The number of para-hydroxylation sites is 3. The van der Waals surface area contributed by atoms with E-state index in [1.54, 1.807) is 14.0 Å². The summed E-state index contributed by atoms with van der Waals surface area (Å²) < 4.78 is 12.0. The van der Waals surface area contributed by atoms with E-state index in [0.717, 1.165) is 33.9 Å². The van der Waals surface area contributed by atoms with Gasteiger partial charge >= 0.3 is 0 Å². The number of carbonyl (C=O) groups excluding carboxylic acids is 2. The van der Waals surface area contributed by atoms with E-state index in [9.17, 15) is 19.8 Å². The van der Waals surface area contributed by atoms with Crippen molar-refractivity contribution in [3.63, 3.8) is 0 Å². The van der Waals surface area contributed by atoms with Gasteiger partial charge in [-0.05, 0) is 60.9 Å². The van der Waals surface area contributed by atoms with Crippen LogP contribution in [-0.2, 0) is 22.6 Å². The normalized spacial score (nSPS) is 18.1. The SMILES string of the molecule is COc1c(CN2O[C@@H](CO)[C@@H]([C@H](C)O)[C@H]2C(N)=O)cccc1-c1cc(C(=O)NCCc2ccccc2Oc2ccccc2)cc(N(C)C)c1. The number of anilines is 1. The molecule has 1 fully saturated rings. The lowest BCUT2D eigenvalue weighted by atomic mass is 9.89. The summed E-state index contributed by atoms with van der Waals surface area (Å²) in [5, 5.41) is 24.7. The van der Waals surface area contributed by atoms with Crippen molar-refractivity contribution in [2.45, 2.75) is 38.1 Å². The van der Waals surface area contributed by atoms with Crippen LogP contribution in [0.25, 0.3) is 11.1 Å². The van der Waals surface area contributed by atoms with Crippen LogP contribution in [-0.4, -0.2) is 79.7 Å². The number of benzene rings is 4. The molecule has 258 valence electrons. The number of nitrogens with two attached hydrogens (primary N) is 1. The van der Waals surface area contributed by atoms with E-state index in [0.29, 0.717) is 29.8 Å². The topological polar surface area (TPSA) is 147 Å². The molecule has 11 nitrogen and oxygen atoms in total. The first kappa shape index (κ1) is 35.4. The average molecular weight is 669 g/mol. The summed E-state index contributed by atoms with van der Waals surface area (Å²) in [4.78, 5) is 33.9. The molecule has 0 radical (unpaired) electrons. The van der Waals surface area contributed by atoms with Gasteiger partial charge in [-0.2, -0.15) is 5.06 Å². The van der Waals surface area contributed by atoms with E-state index in [4.69, 9.17) is 20.0 Å². The molecule has 4 aromatic rings. The molecule has 0 bridgehead atoms. The summed E-state index contributed by atoms with van der Waals surface area (Å²) in [5.74, 6) is 0.396. The van der Waals surface area contributed by atoms with Gasteiger partial charge in [0.1, 0.15) is 29.4 Å². The zero-order chi connectivity index (χ0) is 35.1. The van der Waals surface area contributed by atoms with Gasteiger partial charge in [-0.1, -0.05) is 54.6 Å². The Morgan fingerprint density at radius 2 is 1.71 bits per heavy atom. The number of aliphatic hydroxyl groups is 2. The fourth-order valence-electron chi connectivity index (χ4n) is 6.24. The van der Waals surface area contributed by atoms with Crippen molar-refractivity contribution in [2.24, 2.45) is 11.7 Å². The maximum absolute atomic E-state index is 13.6. The van der Waals surface area contributed by atoms with Crippen molar-refractivity contribution in [1.29, 1.82) is 0 Å². The fraction of sp³-hybridized carbons (Fsp3) is 0.316. The Bertz CT molecular complexity index is 1750. The Labute approximate surface area is 286 Å². The third-order valence-corrected chi connectivity index (χ3v) is 8.66. The first-order valence-electron chi connectivity index (χ1n) is 16.2. The first-order valence-corrected chi connectivity index (χ1v) is 16.2. The van der Waals surface area contributed by atoms with Crippen molar-refractivity contribution in [3.05, 3.63) is 108 Å². The molecule has 2 amide bonds. The number of hydrogen-bond donors (Lipinski definition) is 4. The summed E-state index contributed by atoms with van der Waals surface area (Å²) in [6.07, 6.45) is -1.17. The number of hydrogen-bond acceptors (Lipinski definition) is 9. The van der Waals surface area contributed by atoms with Crippen LogP contribution in [0.15, 0.2) is 91.0 Å². The summed E-state index contributed by atoms with van der Waals surface area (Å²) in [7, 11) is 5.36. The van der Waals surface area contributed by atoms with Gasteiger partial charge in [-0.25, -0.2) is 0 Å². The zero-order valence-electron chi connectivity index (χ0n) is 28.2. The van der Waals surface area contributed by atoms with Gasteiger partial charge in [0, 0.05) is 48.9 Å². The number of nitrogens with one attached hydrogen (secondary N) is 1. The second-order valence-corrected chi connectivity index (χ2v) is 12.3. The number of aliphatic hydroxyl groups excluding tert-OH is 2. The minimum atomic E-state index is -0.963. The third-order valence-electron chi connectivity index (χ3n) is 8.66. The highest BCUT2D eigenvalue weighted by Gasteiger charge is 2.48. The Morgan fingerprint density at radius 3 is 2.39 bits per heavy atom. The Balaban J connectivity index is 1.37. The molecule has 1 heterocycles. The quantitative estimate of drug-likeness (QED) is 0.156. The third kappa shape index (κ3) is 8.21. The molecule has 0 saturated carbocycles. The molecule has 1 aliphatic rings. The lowest BCUT2D eigenvalue weighted by Crippen LogP contribution is -2.47. The highest BCUT2D eigenvalue weighted by atomic mass is 16.7. The Hall–Kier alpha value is -4.94. The number of methoxy groups -OCH3 is 1. The van der Waals surface area contributed by atoms with Crippen molar-refractivity contribution in [3.8, 4) is 28.4 Å². The molecule has 0 aromatic heterocycles. The van der Waals surface area contributed by atoms with E-state index < -0.39 is 30.1 Å². The number of carbonyl (C=O) groups is 2. The molecule has 4 aromatic carbocycles. The highest BCUT2D eigenvalue weighted by Crippen LogP contribution is 2.38. The molecule has 1 aliphatic heterocycles. The second kappa shape index (κ2) is 16.0. The predicted octanol–water partition coefficient (Wildman–Crippen LogP) is 4.15. The van der Waals surface area contributed by atoms with Crippen LogP contribution in [0, 0.1) is 5.92 Å². The second-order valence-electron chi connectivity index (χ2n) is 12.3. The molecule has 5 rings (SSSR count). The summed E-state index contributed by atoms with van der Waals surface area (Å²) >= 11 is 0. The summed E-state index contributed by atoms with van der Waals surface area (Å²) in [6.45, 7) is 1.65. The van der Waals surface area contributed by atoms with Crippen LogP contribution in [0.2, 0.25) is 0 Å². The predicted molar refractivity (Wildman–Crippen MR) is 187 cm³/mol. The number of hydroxylamine groups is 2. The lowest BCUT2D eigenvalue weighted by Gasteiger charge is -2.25. The standard InChI is InChI=1S/C38H44N4O7/c1-24(44)34-33(23-43)49-42(35(34)37(39)45)22-26-12-10-15-31(36(26)47-4)27-19-28(21-29(20-27)41(2)3)38(46)40-18-17-25-11-8-9-16-32(25)48-30-13-6-5-7-14-30/h5-16,19-21,24,33-35,43-44H,17-18,22-23H2,1-4H3,(H2,39,45)(H,40,46)/t24-,33-,34+,35-/m0/s1. The molecular weight excluding hydrogens is 624 g/mol. The van der Waals surface area contributed by atoms with Gasteiger partial charge in [0.25, 0.3) is 5.91 Å². The largest absolute Gasteiger partial charge is 0.496 e. The van der Waals surface area contributed by atoms with Crippen molar-refractivity contribution < 1.29 is 34.1 Å². The van der Waals surface area contributed by atoms with Gasteiger partial charge in [0.05, 0.1) is 26.4 Å². The maximum atomic E-state index is 13.6. The van der Waals surface area contributed by atoms with Crippen LogP contribution < -0.4 is 25.4 Å². The van der Waals surface area contributed by atoms with Gasteiger partial charge in [0.2, 0.25) is 5.91 Å². The molecule has 11 heteroatoms. The summed E-state index contributed by atoms with van der Waals surface area (Å²) in [5.41, 5.74) is 10.2. The molecular formula is C38H44N4O7. The number of nitrogens with zero attached hydrogens (tertiary/aromatic N) is 2. The number of amides is 2. The van der Waals surface area contributed by atoms with Crippen LogP contribution in [0.3, 0.4) is 0 Å². The smallest absolute Gasteiger partial charge is 0.251 e. The minimum absolute atomic E-state index is 0.0977. The number of rotatable bonds is 14. The Morgan fingerprint density at radius 1 is 1.00 bits per heavy atom. The first-order chi connectivity index (χ1) is 23.6. The minimum Gasteiger partial charge on any atom is -0.496 e. The molecule has 49 heavy (non-hydrogen) atoms. The maximum Gasteiger partial charge on any atom is 0.251 e. The average Bonchev–Trinajstić information content (AvgIpc) is 3.48. The van der Waals surface area contributed by atoms with Crippen molar-refractivity contribution in [1.82, 2.24) is 10.4 Å². The van der Waals surface area contributed by atoms with E-state index >= 15 is 0 Å². The lowest BCUT2D eigenvalue weighted by molar-refractivity contribution is -0.181. The fourth-order valence-corrected chi connectivity index (χ4v) is 6.24. The summed E-state index contributed by atoms with van der Waals surface area (Å²) in [6, 6.07) is 27.6. The van der Waals surface area contributed by atoms with Gasteiger partial charge in [-0.3, -0.25) is 14.4 Å². The van der Waals surface area contributed by atoms with Gasteiger partial charge in [-0.15, -0.1) is 0 Å². The van der Waals surface area contributed by atoms with E-state index in [1.807, 2.05) is 110 Å². The van der Waals surface area contributed by atoms with Crippen LogP contribution >= 0.6 is 0 Å². The van der Waals surface area contributed by atoms with E-state index in [2.05, 4.69) is 5.32 Å². The van der Waals surface area contributed by atoms with Crippen LogP contribution in [0.4, 0.5) is 5.69 Å². The monoisotopic (exact) mass is 668 g/mol. The number of ether oxygens (including phenoxy) is 2.